The van der Waals surface area contributed by atoms with Crippen LogP contribution < -0.4 is 0 Å². The quantitative estimate of drug-likeness (QED) is 0.592. The summed E-state index contributed by atoms with van der Waals surface area (Å²) in [6.07, 6.45) is 0.364. The first kappa shape index (κ1) is 10.9. The van der Waals surface area contributed by atoms with Gasteiger partial charge in [-0.25, -0.2) is 0 Å². The van der Waals surface area contributed by atoms with Gasteiger partial charge in [0.05, 0.1) is 6.61 Å². The van der Waals surface area contributed by atoms with E-state index in [2.05, 4.69) is 54.6 Å². The molecule has 1 unspecified atom stereocenters. The van der Waals surface area contributed by atoms with Crippen molar-refractivity contribution in [3.8, 4) is 0 Å². The zero-order valence-corrected chi connectivity index (χ0v) is 10.3. The summed E-state index contributed by atoms with van der Waals surface area (Å²) in [5.74, 6) is 1.03. The lowest BCUT2D eigenvalue weighted by Crippen LogP contribution is -1.82. The zero-order chi connectivity index (χ0) is 11.5. The van der Waals surface area contributed by atoms with Gasteiger partial charge in [0.1, 0.15) is 6.10 Å². The molecule has 1 nitrogen and oxygen atoms in total. The molecule has 1 fully saturated rings. The van der Waals surface area contributed by atoms with Crippen LogP contribution in [0.2, 0.25) is 0 Å². The Morgan fingerprint density at radius 2 is 1.71 bits per heavy atom. The molecular formula is C15H14OS. The summed E-state index contributed by atoms with van der Waals surface area (Å²) in [7, 11) is 0. The third kappa shape index (κ3) is 2.90. The predicted molar refractivity (Wildman–Crippen MR) is 71.1 cm³/mol. The lowest BCUT2D eigenvalue weighted by molar-refractivity contribution is 0.415. The molecule has 1 atom stereocenters. The Kier molecular flexibility index (Phi) is 3.16. The lowest BCUT2D eigenvalue weighted by atomic mass is 10.2. The van der Waals surface area contributed by atoms with E-state index in [1.165, 1.54) is 16.0 Å². The van der Waals surface area contributed by atoms with Gasteiger partial charge in [0, 0.05) is 10.6 Å². The van der Waals surface area contributed by atoms with Gasteiger partial charge in [-0.3, -0.25) is 0 Å². The molecule has 0 aromatic heterocycles. The molecule has 0 amide bonds. The summed E-state index contributed by atoms with van der Waals surface area (Å²) >= 11 is 1.87. The molecule has 1 aliphatic heterocycles. The molecule has 0 bridgehead atoms. The molecule has 86 valence electrons. The van der Waals surface area contributed by atoms with Crippen molar-refractivity contribution < 1.29 is 4.74 Å². The summed E-state index contributed by atoms with van der Waals surface area (Å²) in [6.45, 7) is 0.885. The summed E-state index contributed by atoms with van der Waals surface area (Å²) in [5.41, 5.74) is 2.67. The fourth-order valence-electron chi connectivity index (χ4n) is 1.76. The molecule has 2 heteroatoms. The SMILES string of the molecule is c1ccc(CSc2ccc(C3CO3)cc2)cc1. The molecule has 1 aliphatic rings. The third-order valence-electron chi connectivity index (χ3n) is 2.83. The topological polar surface area (TPSA) is 12.5 Å². The van der Waals surface area contributed by atoms with Gasteiger partial charge in [0.25, 0.3) is 0 Å². The Balaban J connectivity index is 1.61. The minimum absolute atomic E-state index is 0.364. The van der Waals surface area contributed by atoms with Crippen molar-refractivity contribution in [2.45, 2.75) is 16.8 Å². The number of epoxide rings is 1. The molecule has 1 heterocycles. The van der Waals surface area contributed by atoms with Crippen molar-refractivity contribution in [3.63, 3.8) is 0 Å². The van der Waals surface area contributed by atoms with E-state index in [-0.39, 0.29) is 0 Å². The highest BCUT2D eigenvalue weighted by Crippen LogP contribution is 2.31. The summed E-state index contributed by atoms with van der Waals surface area (Å²) < 4.78 is 5.26. The van der Waals surface area contributed by atoms with Crippen LogP contribution in [0.5, 0.6) is 0 Å². The highest BCUT2D eigenvalue weighted by atomic mass is 32.2. The van der Waals surface area contributed by atoms with Crippen molar-refractivity contribution in [3.05, 3.63) is 65.7 Å². The Bertz CT molecular complexity index is 474. The van der Waals surface area contributed by atoms with Crippen LogP contribution >= 0.6 is 11.8 Å². The fraction of sp³-hybridized carbons (Fsp3) is 0.200. The van der Waals surface area contributed by atoms with Gasteiger partial charge in [-0.2, -0.15) is 0 Å². The number of benzene rings is 2. The molecular weight excluding hydrogens is 228 g/mol. The number of ether oxygens (including phenoxy) is 1. The first-order chi connectivity index (χ1) is 8.42. The first-order valence-electron chi connectivity index (χ1n) is 5.80. The molecule has 1 saturated heterocycles. The summed E-state index contributed by atoms with van der Waals surface area (Å²) in [4.78, 5) is 1.32. The van der Waals surface area contributed by atoms with Crippen molar-refractivity contribution in [1.29, 1.82) is 0 Å². The van der Waals surface area contributed by atoms with E-state index in [9.17, 15) is 0 Å². The minimum Gasteiger partial charge on any atom is -0.368 e. The van der Waals surface area contributed by atoms with Crippen molar-refractivity contribution in [2.75, 3.05) is 6.61 Å². The van der Waals surface area contributed by atoms with E-state index in [4.69, 9.17) is 4.74 Å². The second-order valence-corrected chi connectivity index (χ2v) is 5.21. The van der Waals surface area contributed by atoms with Gasteiger partial charge in [0.2, 0.25) is 0 Å². The van der Waals surface area contributed by atoms with Gasteiger partial charge in [0.15, 0.2) is 0 Å². The molecule has 0 N–H and O–H groups in total. The van der Waals surface area contributed by atoms with Crippen LogP contribution in [-0.2, 0) is 10.5 Å². The van der Waals surface area contributed by atoms with Crippen LogP contribution in [0.3, 0.4) is 0 Å². The summed E-state index contributed by atoms with van der Waals surface area (Å²) in [6, 6.07) is 19.3. The standard InChI is InChI=1S/C15H14OS/c1-2-4-12(5-3-1)11-17-14-8-6-13(7-9-14)15-10-16-15/h1-9,15H,10-11H2. The van der Waals surface area contributed by atoms with Crippen LogP contribution in [0.1, 0.15) is 17.2 Å². The number of thioether (sulfide) groups is 1. The molecule has 2 aromatic rings. The van der Waals surface area contributed by atoms with Gasteiger partial charge in [-0.1, -0.05) is 42.5 Å². The fourth-order valence-corrected chi connectivity index (χ4v) is 2.61. The van der Waals surface area contributed by atoms with Crippen molar-refractivity contribution in [1.82, 2.24) is 0 Å². The van der Waals surface area contributed by atoms with E-state index < -0.39 is 0 Å². The second kappa shape index (κ2) is 4.94. The number of rotatable bonds is 4. The van der Waals surface area contributed by atoms with Crippen LogP contribution in [0.4, 0.5) is 0 Å². The average Bonchev–Trinajstić information content (AvgIpc) is 3.23. The monoisotopic (exact) mass is 242 g/mol. The normalized spacial score (nSPS) is 18.0. The average molecular weight is 242 g/mol. The Morgan fingerprint density at radius 1 is 1.00 bits per heavy atom. The molecule has 0 radical (unpaired) electrons. The summed E-state index contributed by atoms with van der Waals surface area (Å²) in [5, 5.41) is 0. The molecule has 17 heavy (non-hydrogen) atoms. The molecule has 0 aliphatic carbocycles. The zero-order valence-electron chi connectivity index (χ0n) is 9.50. The Labute approximate surface area is 106 Å². The molecule has 0 spiro atoms. The van der Waals surface area contributed by atoms with E-state index in [0.717, 1.165) is 12.4 Å². The maximum absolute atomic E-state index is 5.26. The molecule has 2 aromatic carbocycles. The van der Waals surface area contributed by atoms with Crippen LogP contribution in [0.15, 0.2) is 59.5 Å². The minimum atomic E-state index is 0.364. The van der Waals surface area contributed by atoms with Crippen molar-refractivity contribution in [2.24, 2.45) is 0 Å². The maximum Gasteiger partial charge on any atom is 0.106 e. The van der Waals surface area contributed by atoms with E-state index in [0.29, 0.717) is 6.10 Å². The highest BCUT2D eigenvalue weighted by molar-refractivity contribution is 7.98. The number of hydrogen-bond donors (Lipinski definition) is 0. The Morgan fingerprint density at radius 3 is 2.35 bits per heavy atom. The molecule has 3 rings (SSSR count). The van der Waals surface area contributed by atoms with E-state index in [1.807, 2.05) is 11.8 Å². The first-order valence-corrected chi connectivity index (χ1v) is 6.79. The van der Waals surface area contributed by atoms with E-state index in [1.54, 1.807) is 0 Å². The van der Waals surface area contributed by atoms with Gasteiger partial charge < -0.3 is 4.74 Å². The lowest BCUT2D eigenvalue weighted by Gasteiger charge is -2.03. The predicted octanol–water partition coefficient (Wildman–Crippen LogP) is 4.05. The van der Waals surface area contributed by atoms with Crippen molar-refractivity contribution >= 4 is 11.8 Å². The van der Waals surface area contributed by atoms with Crippen LogP contribution in [-0.4, -0.2) is 6.61 Å². The van der Waals surface area contributed by atoms with Crippen LogP contribution in [0.25, 0.3) is 0 Å². The number of hydrogen-bond acceptors (Lipinski definition) is 2. The highest BCUT2D eigenvalue weighted by Gasteiger charge is 2.24. The van der Waals surface area contributed by atoms with Gasteiger partial charge >= 0.3 is 0 Å². The van der Waals surface area contributed by atoms with Crippen LogP contribution in [0, 0.1) is 0 Å². The third-order valence-corrected chi connectivity index (χ3v) is 3.92. The molecule has 0 saturated carbocycles. The van der Waals surface area contributed by atoms with Gasteiger partial charge in [-0.05, 0) is 23.3 Å². The van der Waals surface area contributed by atoms with E-state index >= 15 is 0 Å². The maximum atomic E-state index is 5.26. The van der Waals surface area contributed by atoms with Gasteiger partial charge in [-0.15, -0.1) is 11.8 Å². The largest absolute Gasteiger partial charge is 0.368 e. The smallest absolute Gasteiger partial charge is 0.106 e. The Hall–Kier alpha value is -1.25. The second-order valence-electron chi connectivity index (χ2n) is 4.17.